The summed E-state index contributed by atoms with van der Waals surface area (Å²) in [5.74, 6) is 2.05. The van der Waals surface area contributed by atoms with Crippen molar-refractivity contribution in [3.8, 4) is 11.5 Å². The van der Waals surface area contributed by atoms with Crippen molar-refractivity contribution < 1.29 is 14.3 Å². The second kappa shape index (κ2) is 8.79. The highest BCUT2D eigenvalue weighted by atomic mass is 35.5. The predicted octanol–water partition coefficient (Wildman–Crippen LogP) is 3.78. The number of hydrazine groups is 1. The van der Waals surface area contributed by atoms with E-state index in [1.54, 1.807) is 37.1 Å². The molecular weight excluding hydrogens is 422 g/mol. The van der Waals surface area contributed by atoms with Crippen LogP contribution < -0.4 is 20.2 Å². The number of halogens is 1. The first-order valence-corrected chi connectivity index (χ1v) is 11.0. The fraction of sp³-hybridized carbons (Fsp3) is 0.318. The number of fused-ring (bicyclic) bond motifs is 1. The number of hydrogen-bond donors (Lipinski definition) is 2. The second-order valence-corrected chi connectivity index (χ2v) is 8.75. The molecule has 0 bridgehead atoms. The highest BCUT2D eigenvalue weighted by Gasteiger charge is 2.44. The molecule has 2 N–H and O–H groups in total. The highest BCUT2D eigenvalue weighted by Crippen LogP contribution is 2.38. The van der Waals surface area contributed by atoms with Crippen LogP contribution in [0.4, 0.5) is 0 Å². The smallest absolute Gasteiger partial charge is 0.264 e. The Kier molecular flexibility index (Phi) is 6.13. The average molecular weight is 446 g/mol. The molecule has 8 heteroatoms. The summed E-state index contributed by atoms with van der Waals surface area (Å²) in [6.07, 6.45) is 1.48. The van der Waals surface area contributed by atoms with Crippen LogP contribution in [0.5, 0.6) is 11.5 Å². The van der Waals surface area contributed by atoms with E-state index in [4.69, 9.17) is 21.1 Å². The molecule has 3 unspecified atom stereocenters. The van der Waals surface area contributed by atoms with E-state index in [-0.39, 0.29) is 24.0 Å². The van der Waals surface area contributed by atoms with Gasteiger partial charge >= 0.3 is 0 Å². The fourth-order valence-electron chi connectivity index (χ4n) is 3.93. The number of carbonyl (C=O) groups is 1. The van der Waals surface area contributed by atoms with E-state index in [1.807, 2.05) is 42.5 Å². The molecule has 30 heavy (non-hydrogen) atoms. The van der Waals surface area contributed by atoms with Gasteiger partial charge in [0.15, 0.2) is 11.5 Å². The average Bonchev–Trinajstić information content (AvgIpc) is 3.09. The summed E-state index contributed by atoms with van der Waals surface area (Å²) in [5.41, 5.74) is 5.29. The zero-order valence-electron chi connectivity index (χ0n) is 17.0. The van der Waals surface area contributed by atoms with Crippen molar-refractivity contribution in [1.29, 1.82) is 0 Å². The van der Waals surface area contributed by atoms with Gasteiger partial charge in [0.05, 0.1) is 14.2 Å². The Morgan fingerprint density at radius 1 is 1.10 bits per heavy atom. The van der Waals surface area contributed by atoms with Crippen molar-refractivity contribution in [2.75, 3.05) is 20.0 Å². The molecule has 0 saturated carbocycles. The number of nitrogens with zero attached hydrogens (tertiary/aromatic N) is 1. The van der Waals surface area contributed by atoms with E-state index in [0.29, 0.717) is 22.3 Å². The van der Waals surface area contributed by atoms with Gasteiger partial charge in [0.1, 0.15) is 6.17 Å². The zero-order chi connectivity index (χ0) is 21.3. The van der Waals surface area contributed by atoms with Gasteiger partial charge in [0.25, 0.3) is 5.91 Å². The van der Waals surface area contributed by atoms with E-state index >= 15 is 0 Å². The molecular formula is C22H24ClN3O3S. The maximum absolute atomic E-state index is 12.8. The van der Waals surface area contributed by atoms with Gasteiger partial charge in [-0.05, 0) is 48.9 Å². The Morgan fingerprint density at radius 2 is 1.83 bits per heavy atom. The van der Waals surface area contributed by atoms with Crippen LogP contribution in [0, 0.1) is 0 Å². The fourth-order valence-corrected chi connectivity index (χ4v) is 4.87. The van der Waals surface area contributed by atoms with Gasteiger partial charge in [-0.3, -0.25) is 9.80 Å². The number of hydrogen-bond acceptors (Lipinski definition) is 6. The number of nitrogens with one attached hydrogen (secondary N) is 2. The summed E-state index contributed by atoms with van der Waals surface area (Å²) in [4.78, 5) is 13.9. The van der Waals surface area contributed by atoms with E-state index in [9.17, 15) is 4.79 Å². The first kappa shape index (κ1) is 20.9. The van der Waals surface area contributed by atoms with Crippen molar-refractivity contribution in [2.45, 2.75) is 29.9 Å². The van der Waals surface area contributed by atoms with Gasteiger partial charge in [0.2, 0.25) is 0 Å². The largest absolute Gasteiger partial charge is 0.493 e. The lowest BCUT2D eigenvalue weighted by atomic mass is 9.90. The third kappa shape index (κ3) is 4.10. The molecule has 0 spiro atoms. The van der Waals surface area contributed by atoms with Gasteiger partial charge in [-0.1, -0.05) is 17.7 Å². The maximum Gasteiger partial charge on any atom is 0.264 e. The van der Waals surface area contributed by atoms with Crippen LogP contribution in [0.25, 0.3) is 0 Å². The number of methoxy groups -OCH3 is 2. The lowest BCUT2D eigenvalue weighted by Gasteiger charge is -2.33. The molecule has 2 aromatic rings. The van der Waals surface area contributed by atoms with Gasteiger partial charge in [-0.15, -0.1) is 11.8 Å². The van der Waals surface area contributed by atoms with Gasteiger partial charge in [0, 0.05) is 39.4 Å². The third-order valence-electron chi connectivity index (χ3n) is 5.37. The first-order chi connectivity index (χ1) is 14.5. The van der Waals surface area contributed by atoms with Crippen molar-refractivity contribution >= 4 is 29.3 Å². The normalized spacial score (nSPS) is 22.9. The number of ether oxygens (including phenoxy) is 2. The van der Waals surface area contributed by atoms with E-state index < -0.39 is 0 Å². The molecule has 2 aliphatic heterocycles. The highest BCUT2D eigenvalue weighted by molar-refractivity contribution is 7.99. The van der Waals surface area contributed by atoms with E-state index in [1.165, 1.54) is 0 Å². The van der Waals surface area contributed by atoms with Crippen LogP contribution in [-0.4, -0.2) is 43.1 Å². The first-order valence-electron chi connectivity index (χ1n) is 9.67. The van der Waals surface area contributed by atoms with Crippen LogP contribution in [0.15, 0.2) is 59.1 Å². The van der Waals surface area contributed by atoms with Crippen molar-refractivity contribution in [3.63, 3.8) is 0 Å². The van der Waals surface area contributed by atoms with Crippen LogP contribution in [0.1, 0.15) is 18.4 Å². The molecule has 2 aromatic carbocycles. The minimum absolute atomic E-state index is 0.0414. The Labute approximate surface area is 185 Å². The lowest BCUT2D eigenvalue weighted by molar-refractivity contribution is -0.131. The van der Waals surface area contributed by atoms with Crippen molar-refractivity contribution in [2.24, 2.45) is 0 Å². The summed E-state index contributed by atoms with van der Waals surface area (Å²) >= 11 is 7.63. The predicted molar refractivity (Wildman–Crippen MR) is 119 cm³/mol. The summed E-state index contributed by atoms with van der Waals surface area (Å²) in [6, 6.07) is 13.7. The molecule has 6 nitrogen and oxygen atoms in total. The Morgan fingerprint density at radius 3 is 2.53 bits per heavy atom. The molecule has 2 heterocycles. The molecule has 1 saturated heterocycles. The molecule has 4 rings (SSSR count). The van der Waals surface area contributed by atoms with Gasteiger partial charge in [-0.2, -0.15) is 0 Å². The molecule has 1 fully saturated rings. The van der Waals surface area contributed by atoms with Crippen molar-refractivity contribution in [3.05, 3.63) is 64.8 Å². The lowest BCUT2D eigenvalue weighted by Crippen LogP contribution is -2.53. The Balaban J connectivity index is 1.54. The summed E-state index contributed by atoms with van der Waals surface area (Å²) in [5, 5.41) is 5.95. The number of benzene rings is 2. The Hall–Kier alpha value is -2.35. The topological polar surface area (TPSA) is 62.8 Å². The van der Waals surface area contributed by atoms with Crippen LogP contribution in [0.2, 0.25) is 5.02 Å². The van der Waals surface area contributed by atoms with Crippen LogP contribution in [-0.2, 0) is 4.79 Å². The SMILES string of the molecule is COc1ccc(C2C(C)NN3C(=O)C=C(CSc4ccc(Cl)cc4)NC23)cc1OC. The third-order valence-corrected chi connectivity index (χ3v) is 6.68. The monoisotopic (exact) mass is 445 g/mol. The minimum atomic E-state index is -0.184. The van der Waals surface area contributed by atoms with Crippen molar-refractivity contribution in [1.82, 2.24) is 15.8 Å². The van der Waals surface area contributed by atoms with Gasteiger partial charge < -0.3 is 14.8 Å². The second-order valence-electron chi connectivity index (χ2n) is 7.27. The summed E-state index contributed by atoms with van der Waals surface area (Å²) in [6.45, 7) is 2.08. The molecule has 0 aromatic heterocycles. The molecule has 0 aliphatic carbocycles. The number of thioether (sulfide) groups is 1. The zero-order valence-corrected chi connectivity index (χ0v) is 18.6. The van der Waals surface area contributed by atoms with E-state index in [2.05, 4.69) is 17.7 Å². The number of amides is 1. The molecule has 158 valence electrons. The molecule has 0 radical (unpaired) electrons. The molecule has 3 atom stereocenters. The van der Waals surface area contributed by atoms with Gasteiger partial charge in [-0.25, -0.2) is 5.43 Å². The maximum atomic E-state index is 12.8. The van der Waals surface area contributed by atoms with E-state index in [0.717, 1.165) is 16.2 Å². The minimum Gasteiger partial charge on any atom is -0.493 e. The molecule has 1 amide bonds. The Bertz CT molecular complexity index is 967. The summed E-state index contributed by atoms with van der Waals surface area (Å²) < 4.78 is 10.8. The van der Waals surface area contributed by atoms with Crippen LogP contribution in [0.3, 0.4) is 0 Å². The molecule has 2 aliphatic rings. The quantitative estimate of drug-likeness (QED) is 0.660. The van der Waals surface area contributed by atoms with Crippen LogP contribution >= 0.6 is 23.4 Å². The number of rotatable bonds is 6. The standard InChI is InChI=1S/C22H24ClN3O3S/c1-13-21(14-4-9-18(28-2)19(10-14)29-3)22-24-16(11-20(27)26(22)25-13)12-30-17-7-5-15(23)6-8-17/h4-11,13,21-22,24-25H,12H2,1-3H3. The number of carbonyl (C=O) groups excluding carboxylic acids is 1. The summed E-state index contributed by atoms with van der Waals surface area (Å²) in [7, 11) is 3.25.